The summed E-state index contributed by atoms with van der Waals surface area (Å²) in [7, 11) is 1.58. The Kier molecular flexibility index (Phi) is 5.97. The maximum atomic E-state index is 12.9. The number of ether oxygens (including phenoxy) is 1. The normalized spacial score (nSPS) is 21.5. The maximum absolute atomic E-state index is 12.9. The van der Waals surface area contributed by atoms with E-state index < -0.39 is 5.97 Å². The van der Waals surface area contributed by atoms with E-state index in [2.05, 4.69) is 6.92 Å². The molecule has 1 N–H and O–H groups in total. The number of anilines is 1. The minimum atomic E-state index is -0.988. The summed E-state index contributed by atoms with van der Waals surface area (Å²) in [6.45, 7) is 2.99. The van der Waals surface area contributed by atoms with E-state index in [0.717, 1.165) is 37.0 Å². The minimum absolute atomic E-state index is 0.00500. The molecule has 1 aromatic rings. The van der Waals surface area contributed by atoms with Gasteiger partial charge in [0.2, 0.25) is 5.91 Å². The molecule has 0 spiro atoms. The first-order valence-corrected chi connectivity index (χ1v) is 8.53. The zero-order valence-electron chi connectivity index (χ0n) is 13.1. The van der Waals surface area contributed by atoms with Gasteiger partial charge in [-0.15, -0.1) is 11.3 Å². The number of carbonyl (C=O) groups is 2. The third kappa shape index (κ3) is 3.87. The number of aromatic carboxylic acids is 1. The summed E-state index contributed by atoms with van der Waals surface area (Å²) in [4.78, 5) is 26.0. The van der Waals surface area contributed by atoms with Crippen molar-refractivity contribution in [1.29, 1.82) is 0 Å². The molecule has 0 radical (unpaired) electrons. The standard InChI is InChI=1S/C16H23NO4S/c1-11-3-5-12(6-4-11)15(18)17(8-9-21-2)13-7-10-22-14(13)16(19)20/h7,10-12H,3-6,8-9H2,1-2H3,(H,19,20). The van der Waals surface area contributed by atoms with Gasteiger partial charge in [-0.3, -0.25) is 4.79 Å². The van der Waals surface area contributed by atoms with Crippen molar-refractivity contribution in [2.24, 2.45) is 11.8 Å². The summed E-state index contributed by atoms with van der Waals surface area (Å²) in [5, 5.41) is 11.0. The van der Waals surface area contributed by atoms with Crippen molar-refractivity contribution < 1.29 is 19.4 Å². The van der Waals surface area contributed by atoms with Gasteiger partial charge in [-0.05, 0) is 43.0 Å². The molecule has 1 saturated carbocycles. The van der Waals surface area contributed by atoms with E-state index in [-0.39, 0.29) is 16.7 Å². The van der Waals surface area contributed by atoms with Crippen LogP contribution in [0.2, 0.25) is 0 Å². The molecule has 122 valence electrons. The molecule has 0 aromatic carbocycles. The second-order valence-corrected chi connectivity index (χ2v) is 6.80. The number of methoxy groups -OCH3 is 1. The van der Waals surface area contributed by atoms with Gasteiger partial charge in [0.25, 0.3) is 0 Å². The average Bonchev–Trinajstić information content (AvgIpc) is 2.98. The van der Waals surface area contributed by atoms with E-state index in [9.17, 15) is 14.7 Å². The van der Waals surface area contributed by atoms with Crippen LogP contribution in [0.3, 0.4) is 0 Å². The van der Waals surface area contributed by atoms with Gasteiger partial charge in [0.1, 0.15) is 4.88 Å². The highest BCUT2D eigenvalue weighted by molar-refractivity contribution is 7.12. The van der Waals surface area contributed by atoms with Gasteiger partial charge in [0.15, 0.2) is 0 Å². The molecular weight excluding hydrogens is 302 g/mol. The second kappa shape index (κ2) is 7.74. The molecule has 5 nitrogen and oxygen atoms in total. The molecule has 6 heteroatoms. The fourth-order valence-corrected chi connectivity index (χ4v) is 3.67. The highest BCUT2D eigenvalue weighted by Crippen LogP contribution is 2.33. The Balaban J connectivity index is 2.19. The molecule has 1 aliphatic rings. The van der Waals surface area contributed by atoms with E-state index in [1.807, 2.05) is 0 Å². The molecule has 0 atom stereocenters. The summed E-state index contributed by atoms with van der Waals surface area (Å²) in [6, 6.07) is 1.72. The second-order valence-electron chi connectivity index (χ2n) is 5.88. The van der Waals surface area contributed by atoms with Crippen LogP contribution in [-0.4, -0.2) is 37.2 Å². The van der Waals surface area contributed by atoms with Crippen molar-refractivity contribution in [1.82, 2.24) is 0 Å². The van der Waals surface area contributed by atoms with Crippen molar-refractivity contribution in [3.05, 3.63) is 16.3 Å². The van der Waals surface area contributed by atoms with Crippen molar-refractivity contribution >= 4 is 28.9 Å². The Hall–Kier alpha value is -1.40. The third-order valence-corrected chi connectivity index (χ3v) is 5.17. The zero-order valence-corrected chi connectivity index (χ0v) is 13.9. The lowest BCUT2D eigenvalue weighted by molar-refractivity contribution is -0.123. The Bertz CT molecular complexity index is 520. The lowest BCUT2D eigenvalue weighted by Crippen LogP contribution is -2.40. The number of hydrogen-bond donors (Lipinski definition) is 1. The molecule has 1 heterocycles. The van der Waals surface area contributed by atoms with Crippen LogP contribution in [-0.2, 0) is 9.53 Å². The number of rotatable bonds is 6. The molecule has 0 bridgehead atoms. The van der Waals surface area contributed by atoms with Gasteiger partial charge in [-0.1, -0.05) is 6.92 Å². The highest BCUT2D eigenvalue weighted by atomic mass is 32.1. The number of amides is 1. The predicted molar refractivity (Wildman–Crippen MR) is 86.6 cm³/mol. The fraction of sp³-hybridized carbons (Fsp3) is 0.625. The Morgan fingerprint density at radius 3 is 2.64 bits per heavy atom. The van der Waals surface area contributed by atoms with Gasteiger partial charge in [0.05, 0.1) is 12.3 Å². The van der Waals surface area contributed by atoms with Crippen molar-refractivity contribution in [2.45, 2.75) is 32.6 Å². The lowest BCUT2D eigenvalue weighted by Gasteiger charge is -2.31. The average molecular weight is 325 g/mol. The van der Waals surface area contributed by atoms with Crippen LogP contribution in [0, 0.1) is 11.8 Å². The van der Waals surface area contributed by atoms with Crippen LogP contribution < -0.4 is 4.90 Å². The first kappa shape index (κ1) is 17.0. The number of carbonyl (C=O) groups excluding carboxylic acids is 1. The minimum Gasteiger partial charge on any atom is -0.477 e. The first-order valence-electron chi connectivity index (χ1n) is 7.65. The van der Waals surface area contributed by atoms with Crippen LogP contribution in [0.4, 0.5) is 5.69 Å². The number of carboxylic acid groups (broad SMARTS) is 1. The maximum Gasteiger partial charge on any atom is 0.348 e. The van der Waals surface area contributed by atoms with Gasteiger partial charge in [-0.25, -0.2) is 4.79 Å². The van der Waals surface area contributed by atoms with Crippen LogP contribution >= 0.6 is 11.3 Å². The summed E-state index contributed by atoms with van der Waals surface area (Å²) in [6.07, 6.45) is 3.89. The van der Waals surface area contributed by atoms with Gasteiger partial charge in [0, 0.05) is 19.6 Å². The molecule has 2 rings (SSSR count). The van der Waals surface area contributed by atoms with Crippen LogP contribution in [0.1, 0.15) is 42.3 Å². The SMILES string of the molecule is COCCN(C(=O)C1CCC(C)CC1)c1ccsc1C(=O)O. The monoisotopic (exact) mass is 325 g/mol. The van der Waals surface area contributed by atoms with Crippen LogP contribution in [0.15, 0.2) is 11.4 Å². The smallest absolute Gasteiger partial charge is 0.348 e. The summed E-state index contributed by atoms with van der Waals surface area (Å²) in [5.41, 5.74) is 0.498. The molecule has 22 heavy (non-hydrogen) atoms. The summed E-state index contributed by atoms with van der Waals surface area (Å²) < 4.78 is 5.09. The van der Waals surface area contributed by atoms with Gasteiger partial charge in [-0.2, -0.15) is 0 Å². The van der Waals surface area contributed by atoms with Gasteiger partial charge >= 0.3 is 5.97 Å². The molecule has 0 saturated heterocycles. The topological polar surface area (TPSA) is 66.8 Å². The van der Waals surface area contributed by atoms with E-state index in [1.165, 1.54) is 0 Å². The van der Waals surface area contributed by atoms with E-state index >= 15 is 0 Å². The highest BCUT2D eigenvalue weighted by Gasteiger charge is 2.31. The number of hydrogen-bond acceptors (Lipinski definition) is 4. The number of thiophene rings is 1. The fourth-order valence-electron chi connectivity index (χ4n) is 2.93. The lowest BCUT2D eigenvalue weighted by atomic mass is 9.82. The van der Waals surface area contributed by atoms with Crippen LogP contribution in [0.5, 0.6) is 0 Å². The molecule has 0 aliphatic heterocycles. The van der Waals surface area contributed by atoms with Gasteiger partial charge < -0.3 is 14.7 Å². The van der Waals surface area contributed by atoms with Crippen molar-refractivity contribution in [3.63, 3.8) is 0 Å². The van der Waals surface area contributed by atoms with E-state index in [4.69, 9.17) is 4.74 Å². The number of nitrogens with zero attached hydrogens (tertiary/aromatic N) is 1. The number of carboxylic acids is 1. The van der Waals surface area contributed by atoms with Crippen LogP contribution in [0.25, 0.3) is 0 Å². The molecule has 1 fully saturated rings. The molecule has 1 aliphatic carbocycles. The third-order valence-electron chi connectivity index (χ3n) is 4.28. The Morgan fingerprint density at radius 2 is 2.05 bits per heavy atom. The van der Waals surface area contributed by atoms with E-state index in [1.54, 1.807) is 23.5 Å². The molecule has 0 unspecified atom stereocenters. The molecular formula is C16H23NO4S. The Morgan fingerprint density at radius 1 is 1.36 bits per heavy atom. The Labute approximate surface area is 134 Å². The summed E-state index contributed by atoms with van der Waals surface area (Å²) in [5.74, 6) is -0.288. The van der Waals surface area contributed by atoms with E-state index in [0.29, 0.717) is 24.8 Å². The first-order chi connectivity index (χ1) is 10.5. The predicted octanol–water partition coefficient (Wildman–Crippen LogP) is 3.25. The van der Waals surface area contributed by atoms with Crippen molar-refractivity contribution in [3.8, 4) is 0 Å². The van der Waals surface area contributed by atoms with Crippen molar-refractivity contribution in [2.75, 3.05) is 25.2 Å². The largest absolute Gasteiger partial charge is 0.477 e. The molecule has 1 aromatic heterocycles. The zero-order chi connectivity index (χ0) is 16.1. The molecule has 1 amide bonds. The quantitative estimate of drug-likeness (QED) is 0.872. The summed E-state index contributed by atoms with van der Waals surface area (Å²) >= 11 is 1.15.